The highest BCUT2D eigenvalue weighted by Crippen LogP contribution is 2.29. The van der Waals surface area contributed by atoms with Crippen LogP contribution >= 0.6 is 12.6 Å². The summed E-state index contributed by atoms with van der Waals surface area (Å²) in [5.74, 6) is -2.05. The van der Waals surface area contributed by atoms with Crippen LogP contribution in [0.2, 0.25) is 0 Å². The maximum atomic E-state index is 14.0. The number of thiol groups is 1. The van der Waals surface area contributed by atoms with E-state index in [1.807, 2.05) is 6.07 Å². The number of rotatable bonds is 10. The van der Waals surface area contributed by atoms with Crippen LogP contribution in [0, 0.1) is 17.1 Å². The van der Waals surface area contributed by atoms with Crippen LogP contribution in [0.5, 0.6) is 5.75 Å². The zero-order valence-electron chi connectivity index (χ0n) is 17.3. The number of halogens is 1. The van der Waals surface area contributed by atoms with Gasteiger partial charge in [0.1, 0.15) is 6.10 Å². The number of carbonyl (C=O) groups excluding carboxylic acids is 2. The van der Waals surface area contributed by atoms with Gasteiger partial charge in [0, 0.05) is 18.7 Å². The fourth-order valence-corrected chi connectivity index (χ4v) is 2.91. The average molecular weight is 462 g/mol. The second-order valence-corrected chi connectivity index (χ2v) is 6.83. The topological polar surface area (TPSA) is 118 Å². The maximum Gasteiger partial charge on any atom is 0.412 e. The molecule has 0 saturated heterocycles. The van der Waals surface area contributed by atoms with Crippen LogP contribution in [0.1, 0.15) is 30.6 Å². The van der Waals surface area contributed by atoms with Gasteiger partial charge in [0.05, 0.1) is 24.0 Å². The number of amides is 1. The van der Waals surface area contributed by atoms with Gasteiger partial charge < -0.3 is 19.3 Å². The van der Waals surface area contributed by atoms with Crippen LogP contribution in [-0.2, 0) is 19.0 Å². The molecule has 0 aromatic heterocycles. The fraction of sp³-hybridized carbons (Fsp3) is 0.318. The highest BCUT2D eigenvalue weighted by molar-refractivity contribution is 7.81. The first kappa shape index (κ1) is 25.0. The van der Waals surface area contributed by atoms with E-state index in [-0.39, 0.29) is 31.0 Å². The number of ether oxygens (including phenoxy) is 3. The van der Waals surface area contributed by atoms with Crippen molar-refractivity contribution in [1.29, 1.82) is 5.26 Å². The molecule has 2 rings (SSSR count). The molecule has 8 nitrogen and oxygen atoms in total. The standard InChI is InChI=1S/C22H23FN2O6S/c1-2-29-19(9-10-30-20(27)13-32)21(15-5-8-18(26)17(23)11-15)31-22(28)25-16-6-3-14(12-24)4-7-16/h3-8,11,19,21,26,32H,2,9-10,13H2,1H3,(H,25,28)/t19-,21-/m1/s1. The zero-order valence-corrected chi connectivity index (χ0v) is 18.2. The van der Waals surface area contributed by atoms with Crippen molar-refractivity contribution in [2.24, 2.45) is 0 Å². The Labute approximate surface area is 190 Å². The summed E-state index contributed by atoms with van der Waals surface area (Å²) in [7, 11) is 0. The van der Waals surface area contributed by atoms with Gasteiger partial charge in [-0.2, -0.15) is 17.9 Å². The molecule has 0 heterocycles. The summed E-state index contributed by atoms with van der Waals surface area (Å²) in [6, 6.07) is 11.7. The molecule has 0 fully saturated rings. The molecule has 0 aliphatic rings. The molecule has 0 aliphatic carbocycles. The molecule has 1 amide bonds. The summed E-state index contributed by atoms with van der Waals surface area (Å²) >= 11 is 3.84. The minimum Gasteiger partial charge on any atom is -0.505 e. The minimum atomic E-state index is -1.07. The largest absolute Gasteiger partial charge is 0.505 e. The number of benzene rings is 2. The third-order valence-corrected chi connectivity index (χ3v) is 4.57. The van der Waals surface area contributed by atoms with E-state index in [1.165, 1.54) is 30.3 Å². The first-order valence-electron chi connectivity index (χ1n) is 9.72. The predicted molar refractivity (Wildman–Crippen MR) is 117 cm³/mol. The van der Waals surface area contributed by atoms with Crippen molar-refractivity contribution in [1.82, 2.24) is 0 Å². The molecule has 2 aromatic rings. The lowest BCUT2D eigenvalue weighted by Gasteiger charge is -2.27. The number of hydrogen-bond donors (Lipinski definition) is 3. The van der Waals surface area contributed by atoms with E-state index in [9.17, 15) is 19.1 Å². The van der Waals surface area contributed by atoms with Gasteiger partial charge in [-0.15, -0.1) is 0 Å². The number of nitrogens with one attached hydrogen (secondary N) is 1. The lowest BCUT2D eigenvalue weighted by atomic mass is 10.0. The molecule has 2 atom stereocenters. The van der Waals surface area contributed by atoms with Crippen molar-refractivity contribution < 1.29 is 33.3 Å². The normalized spacial score (nSPS) is 12.3. The van der Waals surface area contributed by atoms with Crippen molar-refractivity contribution in [3.63, 3.8) is 0 Å². The fourth-order valence-electron chi connectivity index (χ4n) is 2.82. The Kier molecular flexibility index (Phi) is 9.78. The van der Waals surface area contributed by atoms with Gasteiger partial charge in [0.15, 0.2) is 17.7 Å². The number of carbonyl (C=O) groups is 2. The lowest BCUT2D eigenvalue weighted by molar-refractivity contribution is -0.142. The van der Waals surface area contributed by atoms with Gasteiger partial charge >= 0.3 is 12.1 Å². The SMILES string of the molecule is CCO[C@H](CCOC(=O)CS)[C@H](OC(=O)Nc1ccc(C#N)cc1)c1ccc(O)c(F)c1. The van der Waals surface area contributed by atoms with Crippen LogP contribution in [0.4, 0.5) is 14.9 Å². The van der Waals surface area contributed by atoms with Gasteiger partial charge in [-0.05, 0) is 48.9 Å². The minimum absolute atomic E-state index is 0.0261. The molecule has 2 N–H and O–H groups in total. The summed E-state index contributed by atoms with van der Waals surface area (Å²) in [5.41, 5.74) is 1.06. The van der Waals surface area contributed by atoms with Crippen LogP contribution in [0.15, 0.2) is 42.5 Å². The summed E-state index contributed by atoms with van der Waals surface area (Å²) < 4.78 is 30.3. The molecule has 32 heavy (non-hydrogen) atoms. The summed E-state index contributed by atoms with van der Waals surface area (Å²) in [4.78, 5) is 23.9. The van der Waals surface area contributed by atoms with Gasteiger partial charge in [0.2, 0.25) is 0 Å². The predicted octanol–water partition coefficient (Wildman–Crippen LogP) is 3.96. The molecule has 10 heteroatoms. The Morgan fingerprint density at radius 1 is 1.25 bits per heavy atom. The van der Waals surface area contributed by atoms with E-state index in [0.29, 0.717) is 11.3 Å². The van der Waals surface area contributed by atoms with Crippen molar-refractivity contribution in [3.8, 4) is 11.8 Å². The Morgan fingerprint density at radius 2 is 1.97 bits per heavy atom. The number of nitriles is 1. The number of nitrogens with zero attached hydrogens (tertiary/aromatic N) is 1. The monoisotopic (exact) mass is 462 g/mol. The van der Waals surface area contributed by atoms with E-state index < -0.39 is 35.8 Å². The zero-order chi connectivity index (χ0) is 23.5. The highest BCUT2D eigenvalue weighted by atomic mass is 32.1. The van der Waals surface area contributed by atoms with Crippen molar-refractivity contribution >= 4 is 30.4 Å². The molecule has 170 valence electrons. The summed E-state index contributed by atoms with van der Waals surface area (Å²) in [5, 5.41) is 20.9. The molecule has 0 bridgehead atoms. The average Bonchev–Trinajstić information content (AvgIpc) is 2.79. The molecule has 0 saturated carbocycles. The van der Waals surface area contributed by atoms with E-state index in [1.54, 1.807) is 6.92 Å². The first-order valence-corrected chi connectivity index (χ1v) is 10.4. The molecule has 2 aromatic carbocycles. The molecular weight excluding hydrogens is 439 g/mol. The quantitative estimate of drug-likeness (QED) is 0.361. The Morgan fingerprint density at radius 3 is 2.56 bits per heavy atom. The van der Waals surface area contributed by atoms with Crippen molar-refractivity contribution in [3.05, 3.63) is 59.4 Å². The third-order valence-electron chi connectivity index (χ3n) is 4.31. The second-order valence-electron chi connectivity index (χ2n) is 6.51. The van der Waals surface area contributed by atoms with E-state index in [0.717, 1.165) is 12.1 Å². The molecule has 0 spiro atoms. The van der Waals surface area contributed by atoms with Gasteiger partial charge in [0.25, 0.3) is 0 Å². The van der Waals surface area contributed by atoms with Crippen LogP contribution in [-0.4, -0.2) is 42.2 Å². The molecule has 0 radical (unpaired) electrons. The van der Waals surface area contributed by atoms with Crippen molar-refractivity contribution in [2.45, 2.75) is 25.6 Å². The van der Waals surface area contributed by atoms with E-state index >= 15 is 0 Å². The molecule has 0 aliphatic heterocycles. The number of anilines is 1. The Bertz CT molecular complexity index is 964. The van der Waals surface area contributed by atoms with Crippen LogP contribution in [0.25, 0.3) is 0 Å². The van der Waals surface area contributed by atoms with Crippen molar-refractivity contribution in [2.75, 3.05) is 24.3 Å². The molecular formula is C22H23FN2O6S. The lowest BCUT2D eigenvalue weighted by Crippen LogP contribution is -2.30. The van der Waals surface area contributed by atoms with Gasteiger partial charge in [-0.1, -0.05) is 6.07 Å². The smallest absolute Gasteiger partial charge is 0.412 e. The summed E-state index contributed by atoms with van der Waals surface area (Å²) in [6.07, 6.45) is -2.53. The third kappa shape index (κ3) is 7.44. The van der Waals surface area contributed by atoms with Crippen LogP contribution < -0.4 is 5.32 Å². The number of hydrogen-bond acceptors (Lipinski definition) is 8. The van der Waals surface area contributed by atoms with E-state index in [2.05, 4.69) is 17.9 Å². The maximum absolute atomic E-state index is 14.0. The second kappa shape index (κ2) is 12.5. The molecule has 0 unspecified atom stereocenters. The summed E-state index contributed by atoms with van der Waals surface area (Å²) in [6.45, 7) is 1.96. The first-order chi connectivity index (χ1) is 15.4. The number of phenols is 1. The van der Waals surface area contributed by atoms with E-state index in [4.69, 9.17) is 19.5 Å². The Balaban J connectivity index is 2.22. The highest BCUT2D eigenvalue weighted by Gasteiger charge is 2.29. The number of aromatic hydroxyl groups is 1. The van der Waals surface area contributed by atoms with Gasteiger partial charge in [-0.25, -0.2) is 9.18 Å². The Hall–Kier alpha value is -3.29. The number of esters is 1. The van der Waals surface area contributed by atoms with Gasteiger partial charge in [-0.3, -0.25) is 10.1 Å². The number of phenolic OH excluding ortho intramolecular Hbond substituents is 1. The van der Waals surface area contributed by atoms with Crippen LogP contribution in [0.3, 0.4) is 0 Å².